The van der Waals surface area contributed by atoms with Crippen LogP contribution in [0.4, 0.5) is 4.79 Å². The van der Waals surface area contributed by atoms with Gasteiger partial charge in [0.1, 0.15) is 18.4 Å². The Kier molecular flexibility index (Phi) is 7.16. The number of benzene rings is 3. The van der Waals surface area contributed by atoms with E-state index in [0.29, 0.717) is 19.3 Å². The smallest absolute Gasteiger partial charge is 0.410 e. The number of carbonyl (C=O) groups excluding carboxylic acids is 1. The molecular formula is C28H29NO5. The zero-order chi connectivity index (χ0) is 24.1. The van der Waals surface area contributed by atoms with E-state index in [0.717, 1.165) is 33.6 Å². The van der Waals surface area contributed by atoms with E-state index in [9.17, 15) is 14.7 Å². The molecule has 0 unspecified atom stereocenters. The summed E-state index contributed by atoms with van der Waals surface area (Å²) >= 11 is 0. The molecule has 0 aliphatic heterocycles. The molecule has 0 bridgehead atoms. The van der Waals surface area contributed by atoms with E-state index in [4.69, 9.17) is 9.47 Å². The number of amides is 1. The maximum Gasteiger partial charge on any atom is 0.410 e. The highest BCUT2D eigenvalue weighted by Crippen LogP contribution is 2.44. The Labute approximate surface area is 199 Å². The molecular weight excluding hydrogens is 430 g/mol. The first-order valence-corrected chi connectivity index (χ1v) is 11.4. The number of carbonyl (C=O) groups is 2. The molecule has 6 nitrogen and oxygen atoms in total. The zero-order valence-corrected chi connectivity index (χ0v) is 19.4. The van der Waals surface area contributed by atoms with Crippen LogP contribution in [-0.2, 0) is 16.0 Å². The highest BCUT2D eigenvalue weighted by atomic mass is 16.6. The lowest BCUT2D eigenvalue weighted by Gasteiger charge is -2.25. The molecule has 0 heterocycles. The van der Waals surface area contributed by atoms with Gasteiger partial charge in [0.2, 0.25) is 0 Å². The molecule has 0 fully saturated rings. The Balaban J connectivity index is 1.36. The maximum atomic E-state index is 12.8. The number of fused-ring (bicyclic) bond motifs is 3. The van der Waals surface area contributed by atoms with Crippen molar-refractivity contribution in [1.29, 1.82) is 0 Å². The van der Waals surface area contributed by atoms with Gasteiger partial charge in [-0.2, -0.15) is 0 Å². The summed E-state index contributed by atoms with van der Waals surface area (Å²) in [4.78, 5) is 25.9. The molecule has 1 aliphatic rings. The van der Waals surface area contributed by atoms with E-state index in [1.165, 1.54) is 11.9 Å². The van der Waals surface area contributed by atoms with Crippen molar-refractivity contribution in [2.24, 2.45) is 0 Å². The Morgan fingerprint density at radius 1 is 0.941 bits per heavy atom. The minimum Gasteiger partial charge on any atom is -0.497 e. The first-order chi connectivity index (χ1) is 16.5. The predicted molar refractivity (Wildman–Crippen MR) is 130 cm³/mol. The van der Waals surface area contributed by atoms with Gasteiger partial charge in [0.15, 0.2) is 0 Å². The van der Waals surface area contributed by atoms with Gasteiger partial charge in [0.25, 0.3) is 0 Å². The normalized spacial score (nSPS) is 13.0. The molecule has 0 saturated carbocycles. The minimum atomic E-state index is -1.04. The summed E-state index contributed by atoms with van der Waals surface area (Å²) in [5.41, 5.74) is 5.62. The van der Waals surface area contributed by atoms with Crippen LogP contribution in [0.3, 0.4) is 0 Å². The number of methoxy groups -OCH3 is 1. The van der Waals surface area contributed by atoms with Gasteiger partial charge in [-0.15, -0.1) is 0 Å². The van der Waals surface area contributed by atoms with Crippen molar-refractivity contribution in [3.05, 3.63) is 89.5 Å². The van der Waals surface area contributed by atoms with Crippen LogP contribution in [0, 0.1) is 0 Å². The maximum absolute atomic E-state index is 12.8. The quantitative estimate of drug-likeness (QED) is 0.467. The molecule has 1 atom stereocenters. The lowest BCUT2D eigenvalue weighted by molar-refractivity contribution is -0.142. The Bertz CT molecular complexity index is 1110. The third-order valence-electron chi connectivity index (χ3n) is 6.48. The predicted octanol–water partition coefficient (Wildman–Crippen LogP) is 5.35. The lowest BCUT2D eigenvalue weighted by Crippen LogP contribution is -2.43. The van der Waals surface area contributed by atoms with Crippen molar-refractivity contribution in [2.75, 3.05) is 20.8 Å². The van der Waals surface area contributed by atoms with Crippen molar-refractivity contribution >= 4 is 12.1 Å². The van der Waals surface area contributed by atoms with Gasteiger partial charge in [-0.25, -0.2) is 9.59 Å². The zero-order valence-electron chi connectivity index (χ0n) is 19.4. The van der Waals surface area contributed by atoms with Gasteiger partial charge in [-0.05, 0) is 59.2 Å². The van der Waals surface area contributed by atoms with Crippen LogP contribution in [0.15, 0.2) is 72.8 Å². The van der Waals surface area contributed by atoms with E-state index in [1.54, 1.807) is 7.11 Å². The van der Waals surface area contributed by atoms with E-state index < -0.39 is 18.1 Å². The summed E-state index contributed by atoms with van der Waals surface area (Å²) in [7, 11) is 3.11. The van der Waals surface area contributed by atoms with Gasteiger partial charge in [-0.1, -0.05) is 60.7 Å². The molecule has 0 aromatic heterocycles. The molecule has 1 amide bonds. The van der Waals surface area contributed by atoms with Crippen molar-refractivity contribution in [3.63, 3.8) is 0 Å². The van der Waals surface area contributed by atoms with Crippen molar-refractivity contribution in [3.8, 4) is 16.9 Å². The fraction of sp³-hybridized carbons (Fsp3) is 0.286. The van der Waals surface area contributed by atoms with Crippen molar-refractivity contribution in [1.82, 2.24) is 4.90 Å². The molecule has 0 radical (unpaired) electrons. The van der Waals surface area contributed by atoms with Crippen molar-refractivity contribution < 1.29 is 24.2 Å². The largest absolute Gasteiger partial charge is 0.497 e. The summed E-state index contributed by atoms with van der Waals surface area (Å²) in [5, 5.41) is 9.73. The number of likely N-dealkylation sites (N-methyl/N-ethyl adjacent to an activating group) is 1. The minimum absolute atomic E-state index is 0.0666. The number of nitrogens with zero attached hydrogens (tertiary/aromatic N) is 1. The monoisotopic (exact) mass is 459 g/mol. The van der Waals surface area contributed by atoms with Crippen molar-refractivity contribution in [2.45, 2.75) is 31.2 Å². The number of aryl methyl sites for hydroxylation is 1. The first kappa shape index (κ1) is 23.4. The highest BCUT2D eigenvalue weighted by molar-refractivity contribution is 5.81. The fourth-order valence-electron chi connectivity index (χ4n) is 4.60. The third kappa shape index (κ3) is 4.91. The number of ether oxygens (including phenoxy) is 2. The number of rotatable bonds is 9. The Morgan fingerprint density at radius 3 is 2.09 bits per heavy atom. The lowest BCUT2D eigenvalue weighted by atomic mass is 9.98. The molecule has 4 rings (SSSR count). The standard InChI is InChI=1S/C28H29NO5/c1-29(26(27(30)31)13-7-8-19-14-16-20(33-2)17-15-19)28(32)34-18-25-23-11-5-3-9-21(23)22-10-4-6-12-24(22)25/h3-6,9-12,14-17,25-26H,7-8,13,18H2,1-2H3,(H,30,31)/t26-/m0/s1. The molecule has 1 aliphatic carbocycles. The van der Waals surface area contributed by atoms with Crippen LogP contribution < -0.4 is 4.74 Å². The van der Waals surface area contributed by atoms with E-state index in [1.807, 2.05) is 48.5 Å². The first-order valence-electron chi connectivity index (χ1n) is 11.4. The third-order valence-corrected chi connectivity index (χ3v) is 6.48. The van der Waals surface area contributed by atoms with E-state index in [-0.39, 0.29) is 12.5 Å². The fourth-order valence-corrected chi connectivity index (χ4v) is 4.60. The van der Waals surface area contributed by atoms with Gasteiger partial charge < -0.3 is 14.6 Å². The number of aliphatic carboxylic acids is 1. The molecule has 1 N–H and O–H groups in total. The second-order valence-electron chi connectivity index (χ2n) is 8.51. The molecule has 3 aromatic carbocycles. The second-order valence-corrected chi connectivity index (χ2v) is 8.51. The van der Waals surface area contributed by atoms with Crippen LogP contribution >= 0.6 is 0 Å². The highest BCUT2D eigenvalue weighted by Gasteiger charge is 2.31. The Morgan fingerprint density at radius 2 is 1.53 bits per heavy atom. The molecule has 6 heteroatoms. The summed E-state index contributed by atoms with van der Waals surface area (Å²) in [6.45, 7) is 0.162. The average Bonchev–Trinajstić information content (AvgIpc) is 3.18. The topological polar surface area (TPSA) is 76.1 Å². The van der Waals surface area contributed by atoms with Crippen LogP contribution in [-0.4, -0.2) is 48.9 Å². The number of carboxylic acids is 1. The van der Waals surface area contributed by atoms with Gasteiger partial charge in [0.05, 0.1) is 7.11 Å². The van der Waals surface area contributed by atoms with Crippen LogP contribution in [0.5, 0.6) is 5.75 Å². The number of carboxylic acid groups (broad SMARTS) is 1. The van der Waals surface area contributed by atoms with E-state index in [2.05, 4.69) is 24.3 Å². The van der Waals surface area contributed by atoms with Gasteiger partial charge in [0, 0.05) is 13.0 Å². The molecule has 0 spiro atoms. The number of hydrogen-bond acceptors (Lipinski definition) is 4. The molecule has 3 aromatic rings. The van der Waals surface area contributed by atoms with Gasteiger partial charge in [-0.3, -0.25) is 4.90 Å². The number of hydrogen-bond donors (Lipinski definition) is 1. The van der Waals surface area contributed by atoms with Crippen LogP contribution in [0.1, 0.15) is 35.4 Å². The van der Waals surface area contributed by atoms with E-state index >= 15 is 0 Å². The summed E-state index contributed by atoms with van der Waals surface area (Å²) < 4.78 is 10.8. The SMILES string of the molecule is COc1ccc(CCC[C@@H](C(=O)O)N(C)C(=O)OCC2c3ccccc3-c3ccccc32)cc1. The molecule has 34 heavy (non-hydrogen) atoms. The second kappa shape index (κ2) is 10.4. The van der Waals surface area contributed by atoms with Crippen LogP contribution in [0.25, 0.3) is 11.1 Å². The van der Waals surface area contributed by atoms with Crippen LogP contribution in [0.2, 0.25) is 0 Å². The van der Waals surface area contributed by atoms with Gasteiger partial charge >= 0.3 is 12.1 Å². The summed E-state index contributed by atoms with van der Waals surface area (Å²) in [5.74, 6) is -0.323. The molecule has 0 saturated heterocycles. The molecule has 176 valence electrons. The Hall–Kier alpha value is -3.80. The summed E-state index contributed by atoms with van der Waals surface area (Å²) in [6, 6.07) is 23.0. The summed E-state index contributed by atoms with van der Waals surface area (Å²) in [6.07, 6.45) is 1.05. The average molecular weight is 460 g/mol.